The van der Waals surface area contributed by atoms with Gasteiger partial charge in [-0.25, -0.2) is 0 Å². The minimum absolute atomic E-state index is 0.00884. The van der Waals surface area contributed by atoms with Gasteiger partial charge in [0.05, 0.1) is 6.04 Å². The lowest BCUT2D eigenvalue weighted by Crippen LogP contribution is -2.49. The van der Waals surface area contributed by atoms with E-state index in [0.717, 1.165) is 24.1 Å². The summed E-state index contributed by atoms with van der Waals surface area (Å²) < 4.78 is 5.10. The van der Waals surface area contributed by atoms with Gasteiger partial charge < -0.3 is 20.3 Å². The second-order valence-corrected chi connectivity index (χ2v) is 6.07. The number of hydrogen-bond acceptors (Lipinski definition) is 4. The minimum Gasteiger partial charge on any atom is -0.385 e. The predicted molar refractivity (Wildman–Crippen MR) is 88.9 cm³/mol. The second-order valence-electron chi connectivity index (χ2n) is 6.07. The average Bonchev–Trinajstić information content (AvgIpc) is 2.51. The third-order valence-electron chi connectivity index (χ3n) is 4.25. The first-order chi connectivity index (χ1) is 10.5. The second kappa shape index (κ2) is 7.61. The molecule has 0 aliphatic carbocycles. The molecule has 1 aromatic rings. The molecule has 5 heteroatoms. The number of likely N-dealkylation sites (tertiary alicyclic amines) is 1. The van der Waals surface area contributed by atoms with Crippen LogP contribution in [0, 0.1) is 0 Å². The number of benzene rings is 1. The Hall–Kier alpha value is -1.59. The van der Waals surface area contributed by atoms with Crippen molar-refractivity contribution in [2.45, 2.75) is 31.3 Å². The number of carbonyl (C=O) groups excluding carboxylic acids is 1. The molecule has 2 rings (SSSR count). The lowest BCUT2D eigenvalue weighted by atomic mass is 9.90. The Morgan fingerprint density at radius 1 is 1.32 bits per heavy atom. The van der Waals surface area contributed by atoms with E-state index in [0.29, 0.717) is 19.6 Å². The van der Waals surface area contributed by atoms with Crippen LogP contribution in [0.2, 0.25) is 0 Å². The molecule has 1 fully saturated rings. The monoisotopic (exact) mass is 305 g/mol. The van der Waals surface area contributed by atoms with Crippen LogP contribution in [0.3, 0.4) is 0 Å². The van der Waals surface area contributed by atoms with Gasteiger partial charge >= 0.3 is 0 Å². The van der Waals surface area contributed by atoms with Gasteiger partial charge in [-0.05, 0) is 30.5 Å². The molecule has 5 nitrogen and oxygen atoms in total. The van der Waals surface area contributed by atoms with Crippen LogP contribution >= 0.6 is 0 Å². The van der Waals surface area contributed by atoms with Crippen LogP contribution in [-0.4, -0.2) is 51.2 Å². The predicted octanol–water partition coefficient (Wildman–Crippen LogP) is 1.78. The summed E-state index contributed by atoms with van der Waals surface area (Å²) in [4.78, 5) is 16.3. The van der Waals surface area contributed by atoms with Crippen molar-refractivity contribution >= 4 is 11.6 Å². The molecule has 1 heterocycles. The first-order valence-corrected chi connectivity index (χ1v) is 7.86. The summed E-state index contributed by atoms with van der Waals surface area (Å²) in [7, 11) is 5.71. The molecule has 1 saturated heterocycles. The fraction of sp³-hybridized carbons (Fsp3) is 0.588. The Bertz CT molecular complexity index is 487. The molecule has 2 atom stereocenters. The van der Waals surface area contributed by atoms with Crippen molar-refractivity contribution in [3.63, 3.8) is 0 Å². The zero-order valence-corrected chi connectivity index (χ0v) is 13.8. The van der Waals surface area contributed by atoms with E-state index in [-0.39, 0.29) is 18.0 Å². The van der Waals surface area contributed by atoms with Crippen molar-refractivity contribution < 1.29 is 9.53 Å². The van der Waals surface area contributed by atoms with E-state index in [9.17, 15) is 4.79 Å². The van der Waals surface area contributed by atoms with Crippen LogP contribution < -0.4 is 10.6 Å². The molecule has 2 N–H and O–H groups in total. The molecule has 1 aliphatic heterocycles. The molecule has 0 spiro atoms. The summed E-state index contributed by atoms with van der Waals surface area (Å²) in [5.41, 5.74) is 8.59. The highest BCUT2D eigenvalue weighted by Crippen LogP contribution is 2.32. The molecule has 0 saturated carbocycles. The summed E-state index contributed by atoms with van der Waals surface area (Å²) >= 11 is 0. The zero-order chi connectivity index (χ0) is 16.1. The largest absolute Gasteiger partial charge is 0.385 e. The van der Waals surface area contributed by atoms with Crippen molar-refractivity contribution in [1.82, 2.24) is 4.90 Å². The van der Waals surface area contributed by atoms with Crippen molar-refractivity contribution in [3.8, 4) is 0 Å². The van der Waals surface area contributed by atoms with E-state index >= 15 is 0 Å². The number of nitrogens with zero attached hydrogens (tertiary/aromatic N) is 2. The highest BCUT2D eigenvalue weighted by Gasteiger charge is 2.34. The Kier molecular flexibility index (Phi) is 5.80. The number of rotatable bonds is 6. The highest BCUT2D eigenvalue weighted by atomic mass is 16.5. The van der Waals surface area contributed by atoms with Crippen molar-refractivity contribution in [2.75, 3.05) is 39.3 Å². The van der Waals surface area contributed by atoms with Crippen LogP contribution in [0.1, 0.15) is 30.9 Å². The first kappa shape index (κ1) is 16.8. The van der Waals surface area contributed by atoms with Gasteiger partial charge in [-0.3, -0.25) is 4.79 Å². The third-order valence-corrected chi connectivity index (χ3v) is 4.25. The molecular weight excluding hydrogens is 278 g/mol. The summed E-state index contributed by atoms with van der Waals surface area (Å²) in [5, 5.41) is 0. The smallest absolute Gasteiger partial charge is 0.223 e. The normalized spacial score (nSPS) is 22.0. The number of ether oxygens (including phenoxy) is 1. The first-order valence-electron chi connectivity index (χ1n) is 7.86. The van der Waals surface area contributed by atoms with Gasteiger partial charge in [0.1, 0.15) is 0 Å². The van der Waals surface area contributed by atoms with E-state index in [1.165, 1.54) is 0 Å². The van der Waals surface area contributed by atoms with Gasteiger partial charge in [-0.15, -0.1) is 0 Å². The van der Waals surface area contributed by atoms with Crippen molar-refractivity contribution in [1.29, 1.82) is 0 Å². The van der Waals surface area contributed by atoms with Crippen LogP contribution in [-0.2, 0) is 9.53 Å². The number of amides is 1. The number of anilines is 1. The van der Waals surface area contributed by atoms with Crippen LogP contribution in [0.15, 0.2) is 24.3 Å². The van der Waals surface area contributed by atoms with Gasteiger partial charge in [0.2, 0.25) is 5.91 Å². The molecule has 2 unspecified atom stereocenters. The van der Waals surface area contributed by atoms with E-state index < -0.39 is 0 Å². The summed E-state index contributed by atoms with van der Waals surface area (Å²) in [6, 6.07) is 8.28. The fourth-order valence-corrected chi connectivity index (χ4v) is 3.02. The zero-order valence-electron chi connectivity index (χ0n) is 13.8. The maximum atomic E-state index is 12.3. The lowest BCUT2D eigenvalue weighted by Gasteiger charge is -2.40. The van der Waals surface area contributed by atoms with Crippen molar-refractivity contribution in [2.24, 2.45) is 5.73 Å². The maximum absolute atomic E-state index is 12.3. The maximum Gasteiger partial charge on any atom is 0.223 e. The number of hydrogen-bond donors (Lipinski definition) is 1. The Morgan fingerprint density at radius 2 is 2.00 bits per heavy atom. The van der Waals surface area contributed by atoms with Gasteiger partial charge in [-0.1, -0.05) is 12.1 Å². The molecule has 22 heavy (non-hydrogen) atoms. The molecule has 122 valence electrons. The van der Waals surface area contributed by atoms with Gasteiger partial charge in [0.15, 0.2) is 0 Å². The molecule has 0 aromatic heterocycles. The number of methoxy groups -OCH3 is 1. The standard InChI is InChI=1S/C17H27N3O2/c1-19(2)14-7-5-13(6-8-14)17-15(18)9-10-16(21)20(17)11-4-12-22-3/h5-8,15,17H,4,9-12,18H2,1-3H3. The summed E-state index contributed by atoms with van der Waals surface area (Å²) in [5.74, 6) is 0.194. The van der Waals surface area contributed by atoms with Crippen LogP contribution in [0.25, 0.3) is 0 Å². The molecule has 1 aliphatic rings. The molecule has 0 bridgehead atoms. The van der Waals surface area contributed by atoms with Gasteiger partial charge in [0.25, 0.3) is 0 Å². The Balaban J connectivity index is 2.19. The SMILES string of the molecule is COCCCN1C(=O)CCC(N)C1c1ccc(N(C)C)cc1. The Morgan fingerprint density at radius 3 is 2.59 bits per heavy atom. The number of nitrogens with two attached hydrogens (primary N) is 1. The summed E-state index contributed by atoms with van der Waals surface area (Å²) in [6.45, 7) is 1.35. The average molecular weight is 305 g/mol. The lowest BCUT2D eigenvalue weighted by molar-refractivity contribution is -0.137. The van der Waals surface area contributed by atoms with Gasteiger partial charge in [-0.2, -0.15) is 0 Å². The fourth-order valence-electron chi connectivity index (χ4n) is 3.02. The van der Waals surface area contributed by atoms with E-state index in [1.54, 1.807) is 7.11 Å². The molecular formula is C17H27N3O2. The highest BCUT2D eigenvalue weighted by molar-refractivity contribution is 5.78. The molecule has 0 radical (unpaired) electrons. The van der Waals surface area contributed by atoms with E-state index in [1.807, 2.05) is 19.0 Å². The van der Waals surface area contributed by atoms with Crippen LogP contribution in [0.5, 0.6) is 0 Å². The van der Waals surface area contributed by atoms with Crippen molar-refractivity contribution in [3.05, 3.63) is 29.8 Å². The topological polar surface area (TPSA) is 58.8 Å². The number of carbonyl (C=O) groups is 1. The van der Waals surface area contributed by atoms with Crippen LogP contribution in [0.4, 0.5) is 5.69 Å². The Labute approximate surface area is 133 Å². The van der Waals surface area contributed by atoms with Gasteiger partial charge in [0, 0.05) is 52.5 Å². The molecule has 1 amide bonds. The molecule has 1 aromatic carbocycles. The summed E-state index contributed by atoms with van der Waals surface area (Å²) in [6.07, 6.45) is 2.13. The third kappa shape index (κ3) is 3.78. The minimum atomic E-state index is -0.0330. The van der Waals surface area contributed by atoms with E-state index in [4.69, 9.17) is 10.5 Å². The number of piperidine rings is 1. The quantitative estimate of drug-likeness (QED) is 0.814. The van der Waals surface area contributed by atoms with E-state index in [2.05, 4.69) is 29.2 Å².